The van der Waals surface area contributed by atoms with Gasteiger partial charge in [-0.3, -0.25) is 4.79 Å². The number of hydrogen-bond donors (Lipinski definition) is 1. The number of nitrogens with one attached hydrogen (secondary N) is 1. The predicted molar refractivity (Wildman–Crippen MR) is 76.2 cm³/mol. The molecular weight excluding hydrogens is 254 g/mol. The van der Waals surface area contributed by atoms with Gasteiger partial charge < -0.3 is 14.8 Å². The monoisotopic (exact) mass is 288 g/mol. The first-order valence-electron chi connectivity index (χ1n) is 12.4. The summed E-state index contributed by atoms with van der Waals surface area (Å²) in [5.41, 5.74) is -0.490. The lowest BCUT2D eigenvalue weighted by Gasteiger charge is -2.18. The zero-order valence-electron chi connectivity index (χ0n) is 23.6. The molecule has 1 saturated carbocycles. The summed E-state index contributed by atoms with van der Waals surface area (Å²) in [5, 5.41) is 2.38. The van der Waals surface area contributed by atoms with E-state index in [1.54, 1.807) is 0 Å². The molecule has 4 nitrogen and oxygen atoms in total. The SMILES string of the molecule is [2H]c1c([2H])c(C2([2H])CNC(=O)C2)c([2H])c(OC2([2H])C([2H])([2H])C([2H])([2H])C([2H])([2H])C2([2H])[2H])c1OC. The number of amides is 1. The van der Waals surface area contributed by atoms with E-state index in [4.69, 9.17) is 27.3 Å². The number of carbonyl (C=O) groups excluding carboxylic acids is 1. The summed E-state index contributed by atoms with van der Waals surface area (Å²) in [4.78, 5) is 11.7. The van der Waals surface area contributed by atoms with Crippen molar-refractivity contribution in [1.82, 2.24) is 5.32 Å². The first-order chi connectivity index (χ1) is 14.7. The smallest absolute Gasteiger partial charge is 0.220 e. The molecule has 1 amide bonds. The molecule has 0 bridgehead atoms. The fourth-order valence-electron chi connectivity index (χ4n) is 1.83. The van der Waals surface area contributed by atoms with Crippen molar-refractivity contribution in [2.24, 2.45) is 0 Å². The van der Waals surface area contributed by atoms with Crippen molar-refractivity contribution < 1.29 is 32.1 Å². The van der Waals surface area contributed by atoms with Crippen molar-refractivity contribution in [1.29, 1.82) is 0 Å². The van der Waals surface area contributed by atoms with E-state index in [-0.39, 0.29) is 6.54 Å². The summed E-state index contributed by atoms with van der Waals surface area (Å²) in [6, 6.07) is -2.28. The summed E-state index contributed by atoms with van der Waals surface area (Å²) < 4.78 is 116. The number of methoxy groups -OCH3 is 1. The summed E-state index contributed by atoms with van der Waals surface area (Å²) in [5.74, 6) is -4.08. The molecule has 1 atom stereocenters. The number of benzene rings is 1. The normalized spacial score (nSPS) is 47.6. The van der Waals surface area contributed by atoms with Crippen molar-refractivity contribution >= 4 is 5.91 Å². The molecule has 1 unspecified atom stereocenters. The highest BCUT2D eigenvalue weighted by Gasteiger charge is 2.25. The number of carbonyl (C=O) groups is 1. The highest BCUT2D eigenvalue weighted by atomic mass is 16.5. The van der Waals surface area contributed by atoms with Crippen LogP contribution in [0.3, 0.4) is 0 Å². The molecule has 1 aliphatic heterocycles. The Hall–Kier alpha value is -1.71. The first-order valence-corrected chi connectivity index (χ1v) is 5.89. The van der Waals surface area contributed by atoms with Crippen LogP contribution in [0.25, 0.3) is 0 Å². The highest BCUT2D eigenvalue weighted by molar-refractivity contribution is 5.79. The maximum absolute atomic E-state index is 11.7. The van der Waals surface area contributed by atoms with Gasteiger partial charge in [-0.25, -0.2) is 0 Å². The zero-order chi connectivity index (χ0) is 25.6. The van der Waals surface area contributed by atoms with Crippen LogP contribution in [0.4, 0.5) is 0 Å². The summed E-state index contributed by atoms with van der Waals surface area (Å²) >= 11 is 0. The lowest BCUT2D eigenvalue weighted by Crippen LogP contribution is -2.14. The van der Waals surface area contributed by atoms with Gasteiger partial charge in [-0.1, -0.05) is 6.04 Å². The second kappa shape index (κ2) is 5.73. The van der Waals surface area contributed by atoms with Crippen LogP contribution in [0, 0.1) is 0 Å². The Balaban J connectivity index is 2.31. The molecule has 2 fully saturated rings. The number of hydrogen-bond acceptors (Lipinski definition) is 3. The Kier molecular flexibility index (Phi) is 1.41. The van der Waals surface area contributed by atoms with E-state index in [2.05, 4.69) is 5.32 Å². The summed E-state index contributed by atoms with van der Waals surface area (Å²) in [6.45, 7) is -0.326. The summed E-state index contributed by atoms with van der Waals surface area (Å²) in [7, 11) is 1.00. The molecular formula is C16H21NO3. The minimum Gasteiger partial charge on any atom is -0.493 e. The maximum atomic E-state index is 11.7. The third kappa shape index (κ3) is 2.74. The van der Waals surface area contributed by atoms with E-state index in [9.17, 15) is 4.79 Å². The van der Waals surface area contributed by atoms with Crippen LogP contribution < -0.4 is 14.8 Å². The standard InChI is InChI=1S/C16H21NO3/c1-19-14-7-6-11(12-9-16(18)17-10-12)8-15(14)20-13-4-2-3-5-13/h6-8,12-13H,2-5,9-10H2,1H3,(H,17,18)/i2D2,3D2,4D2,5D2,6D,7D,8D,12D,13D. The first kappa shape index (κ1) is 4.93. The van der Waals surface area contributed by atoms with E-state index < -0.39 is 85.0 Å². The van der Waals surface area contributed by atoms with Gasteiger partial charge in [-0.2, -0.15) is 0 Å². The third-order valence-corrected chi connectivity index (χ3v) is 2.80. The van der Waals surface area contributed by atoms with E-state index in [0.29, 0.717) is 0 Å². The Morgan fingerprint density at radius 3 is 2.85 bits per heavy atom. The quantitative estimate of drug-likeness (QED) is 0.926. The van der Waals surface area contributed by atoms with Gasteiger partial charge in [0.2, 0.25) is 5.91 Å². The van der Waals surface area contributed by atoms with Crippen LogP contribution in [0.1, 0.15) is 61.2 Å². The van der Waals surface area contributed by atoms with Gasteiger partial charge in [-0.15, -0.1) is 0 Å². The lowest BCUT2D eigenvalue weighted by molar-refractivity contribution is -0.119. The minimum atomic E-state index is -3.62. The second-order valence-electron chi connectivity index (χ2n) is 4.10. The van der Waals surface area contributed by atoms with Gasteiger partial charge >= 0.3 is 0 Å². The van der Waals surface area contributed by atoms with Gasteiger partial charge in [0.25, 0.3) is 0 Å². The Labute approximate surface area is 137 Å². The largest absolute Gasteiger partial charge is 0.493 e. The molecule has 3 rings (SSSR count). The van der Waals surface area contributed by atoms with Crippen LogP contribution in [-0.2, 0) is 4.79 Å². The molecule has 1 saturated heterocycles. The van der Waals surface area contributed by atoms with Gasteiger partial charge in [0.05, 0.1) is 18.7 Å². The predicted octanol–water partition coefficient (Wildman–Crippen LogP) is 2.62. The molecule has 1 aliphatic carbocycles. The average molecular weight is 288 g/mol. The molecule has 1 heterocycles. The Bertz CT molecular complexity index is 1000. The average Bonchev–Trinajstić information content (AvgIpc) is 3.06. The third-order valence-electron chi connectivity index (χ3n) is 2.80. The molecule has 108 valence electrons. The van der Waals surface area contributed by atoms with Crippen molar-refractivity contribution in [2.75, 3.05) is 13.7 Å². The number of rotatable bonds is 4. The Morgan fingerprint density at radius 2 is 2.20 bits per heavy atom. The van der Waals surface area contributed by atoms with Crippen molar-refractivity contribution in [2.45, 2.75) is 43.9 Å². The topological polar surface area (TPSA) is 47.6 Å². The summed E-state index contributed by atoms with van der Waals surface area (Å²) in [6.07, 6.45) is -18.4. The molecule has 0 radical (unpaired) electrons. The highest BCUT2D eigenvalue weighted by Crippen LogP contribution is 2.35. The van der Waals surface area contributed by atoms with Gasteiger partial charge in [0.1, 0.15) is 0 Å². The molecule has 2 aliphatic rings. The molecule has 0 aromatic heterocycles. The fourth-order valence-corrected chi connectivity index (χ4v) is 1.83. The van der Waals surface area contributed by atoms with E-state index in [1.807, 2.05) is 0 Å². The molecule has 1 aromatic carbocycles. The minimum absolute atomic E-state index is 0.326. The number of ether oxygens (including phenoxy) is 2. The molecule has 20 heavy (non-hydrogen) atoms. The van der Waals surface area contributed by atoms with Crippen molar-refractivity contribution in [3.05, 3.63) is 23.7 Å². The van der Waals surface area contributed by atoms with Crippen LogP contribution in [0.2, 0.25) is 0 Å². The van der Waals surface area contributed by atoms with Crippen LogP contribution in [0.15, 0.2) is 18.1 Å². The maximum Gasteiger partial charge on any atom is 0.220 e. The fraction of sp³-hybridized carbons (Fsp3) is 0.562. The molecule has 0 spiro atoms. The van der Waals surface area contributed by atoms with E-state index >= 15 is 0 Å². The molecule has 1 N–H and O–H groups in total. The van der Waals surface area contributed by atoms with Crippen LogP contribution >= 0.6 is 0 Å². The van der Waals surface area contributed by atoms with Gasteiger partial charge in [-0.05, 0) is 43.1 Å². The lowest BCUT2D eigenvalue weighted by atomic mass is 9.98. The van der Waals surface area contributed by atoms with Crippen LogP contribution in [-0.4, -0.2) is 25.6 Å². The Morgan fingerprint density at radius 1 is 1.40 bits per heavy atom. The van der Waals surface area contributed by atoms with Crippen molar-refractivity contribution in [3.63, 3.8) is 0 Å². The van der Waals surface area contributed by atoms with Gasteiger partial charge in [0, 0.05) is 31.2 Å². The van der Waals surface area contributed by atoms with Crippen molar-refractivity contribution in [3.8, 4) is 11.5 Å². The zero-order valence-corrected chi connectivity index (χ0v) is 10.6. The molecule has 1 aromatic rings. The van der Waals surface area contributed by atoms with E-state index in [1.165, 1.54) is 0 Å². The van der Waals surface area contributed by atoms with Gasteiger partial charge in [0.15, 0.2) is 11.5 Å². The van der Waals surface area contributed by atoms with E-state index in [0.717, 1.165) is 7.11 Å². The second-order valence-corrected chi connectivity index (χ2v) is 4.10. The molecule has 4 heteroatoms. The van der Waals surface area contributed by atoms with Crippen LogP contribution in [0.5, 0.6) is 11.5 Å².